The van der Waals surface area contributed by atoms with Crippen molar-refractivity contribution >= 4 is 11.9 Å². The molecule has 1 aromatic heterocycles. The second kappa shape index (κ2) is 8.32. The number of carboxylic acids is 1. The van der Waals surface area contributed by atoms with Crippen LogP contribution in [0.5, 0.6) is 5.75 Å². The molecule has 0 saturated heterocycles. The van der Waals surface area contributed by atoms with Crippen molar-refractivity contribution in [1.29, 1.82) is 0 Å². The monoisotopic (exact) mass is 345 g/mol. The molecule has 7 heteroatoms. The number of aromatic nitrogens is 2. The van der Waals surface area contributed by atoms with Crippen molar-refractivity contribution in [2.45, 2.75) is 26.7 Å². The van der Waals surface area contributed by atoms with E-state index in [-0.39, 0.29) is 18.1 Å². The molecule has 2 rings (SSSR count). The molecule has 2 N–H and O–H groups in total. The maximum atomic E-state index is 12.3. The molecule has 25 heavy (non-hydrogen) atoms. The van der Waals surface area contributed by atoms with Crippen molar-refractivity contribution < 1.29 is 19.4 Å². The molecule has 1 aromatic carbocycles. The number of benzene rings is 1. The lowest BCUT2D eigenvalue weighted by Crippen LogP contribution is -2.33. The second-order valence-electron chi connectivity index (χ2n) is 5.81. The first kappa shape index (κ1) is 18.5. The Balaban J connectivity index is 2.10. The molecule has 0 radical (unpaired) electrons. The maximum absolute atomic E-state index is 12.3. The number of carbonyl (C=O) groups is 2. The molecule has 0 fully saturated rings. The fraction of sp³-hybridized carbons (Fsp3) is 0.389. The Kier molecular flexibility index (Phi) is 6.16. The quantitative estimate of drug-likeness (QED) is 0.766. The van der Waals surface area contributed by atoms with Gasteiger partial charge in [-0.25, -0.2) is 4.68 Å². The van der Waals surface area contributed by atoms with Crippen LogP contribution in [-0.2, 0) is 4.79 Å². The molecule has 1 heterocycles. The van der Waals surface area contributed by atoms with Crippen LogP contribution in [0, 0.1) is 12.8 Å². The Labute approximate surface area is 146 Å². The molecular weight excluding hydrogens is 322 g/mol. The fourth-order valence-corrected chi connectivity index (χ4v) is 2.54. The van der Waals surface area contributed by atoms with Crippen LogP contribution < -0.4 is 10.1 Å². The Bertz CT molecular complexity index is 737. The van der Waals surface area contributed by atoms with Gasteiger partial charge in [-0.3, -0.25) is 9.59 Å². The first-order valence-electron chi connectivity index (χ1n) is 8.18. The summed E-state index contributed by atoms with van der Waals surface area (Å²) in [7, 11) is 1.60. The predicted molar refractivity (Wildman–Crippen MR) is 93.2 cm³/mol. The minimum absolute atomic E-state index is 0.0937. The summed E-state index contributed by atoms with van der Waals surface area (Å²) in [5.74, 6) is -1.12. The molecule has 0 aliphatic carbocycles. The highest BCUT2D eigenvalue weighted by Crippen LogP contribution is 2.17. The highest BCUT2D eigenvalue weighted by Gasteiger charge is 2.19. The van der Waals surface area contributed by atoms with Gasteiger partial charge in [0.2, 0.25) is 0 Å². The summed E-state index contributed by atoms with van der Waals surface area (Å²) in [5, 5.41) is 16.1. The summed E-state index contributed by atoms with van der Waals surface area (Å²) in [4.78, 5) is 23.4. The topological polar surface area (TPSA) is 93.5 Å². The molecule has 134 valence electrons. The first-order chi connectivity index (χ1) is 12.0. The van der Waals surface area contributed by atoms with Gasteiger partial charge < -0.3 is 15.2 Å². The van der Waals surface area contributed by atoms with Crippen LogP contribution in [0.4, 0.5) is 0 Å². The lowest BCUT2D eigenvalue weighted by Gasteiger charge is -2.11. The lowest BCUT2D eigenvalue weighted by molar-refractivity contribution is -0.141. The van der Waals surface area contributed by atoms with Gasteiger partial charge in [0, 0.05) is 12.2 Å². The van der Waals surface area contributed by atoms with Crippen LogP contribution in [0.15, 0.2) is 30.3 Å². The van der Waals surface area contributed by atoms with Crippen LogP contribution in [0.25, 0.3) is 5.69 Å². The maximum Gasteiger partial charge on any atom is 0.308 e. The van der Waals surface area contributed by atoms with Gasteiger partial charge in [-0.15, -0.1) is 0 Å². The van der Waals surface area contributed by atoms with Crippen molar-refractivity contribution in [2.75, 3.05) is 13.7 Å². The van der Waals surface area contributed by atoms with Crippen LogP contribution >= 0.6 is 0 Å². The zero-order chi connectivity index (χ0) is 18.4. The van der Waals surface area contributed by atoms with Gasteiger partial charge in [0.05, 0.1) is 18.7 Å². The molecule has 0 aliphatic heterocycles. The smallest absolute Gasteiger partial charge is 0.308 e. The van der Waals surface area contributed by atoms with Crippen LogP contribution in [0.1, 0.15) is 35.9 Å². The van der Waals surface area contributed by atoms with E-state index < -0.39 is 11.9 Å². The van der Waals surface area contributed by atoms with E-state index in [9.17, 15) is 9.59 Å². The van der Waals surface area contributed by atoms with Crippen molar-refractivity contribution in [2.24, 2.45) is 5.92 Å². The van der Waals surface area contributed by atoms with Crippen LogP contribution in [0.3, 0.4) is 0 Å². The number of amides is 1. The number of aliphatic carboxylic acids is 1. The van der Waals surface area contributed by atoms with Gasteiger partial charge in [0.25, 0.3) is 5.91 Å². The van der Waals surface area contributed by atoms with Gasteiger partial charge in [-0.2, -0.15) is 5.10 Å². The Morgan fingerprint density at radius 1 is 1.32 bits per heavy atom. The van der Waals surface area contributed by atoms with Crippen LogP contribution in [0.2, 0.25) is 0 Å². The molecule has 0 aliphatic rings. The van der Waals surface area contributed by atoms with E-state index >= 15 is 0 Å². The lowest BCUT2D eigenvalue weighted by atomic mass is 10.0. The number of carboxylic acid groups (broad SMARTS) is 1. The molecule has 0 bridgehead atoms. The first-order valence-corrected chi connectivity index (χ1v) is 8.18. The number of methoxy groups -OCH3 is 1. The summed E-state index contributed by atoms with van der Waals surface area (Å²) in [6.45, 7) is 3.86. The van der Waals surface area contributed by atoms with E-state index in [0.29, 0.717) is 6.42 Å². The standard InChI is InChI=1S/C18H23N3O4/c1-4-5-13(18(23)24)11-19-17(22)16-10-12(2)21(20-16)14-6-8-15(25-3)9-7-14/h6-10,13H,4-5,11H2,1-3H3,(H,19,22)(H,23,24). The van der Waals surface area contributed by atoms with E-state index in [1.165, 1.54) is 0 Å². The third-order valence-electron chi connectivity index (χ3n) is 3.93. The van der Waals surface area contributed by atoms with E-state index in [1.807, 2.05) is 38.1 Å². The summed E-state index contributed by atoms with van der Waals surface area (Å²) in [6.07, 6.45) is 1.27. The number of carbonyl (C=O) groups excluding carboxylic acids is 1. The summed E-state index contributed by atoms with van der Waals surface area (Å²) in [6, 6.07) is 9.01. The van der Waals surface area contributed by atoms with Crippen molar-refractivity contribution in [3.8, 4) is 11.4 Å². The molecule has 7 nitrogen and oxygen atoms in total. The van der Waals surface area contributed by atoms with Gasteiger partial charge in [0.15, 0.2) is 5.69 Å². The number of hydrogen-bond donors (Lipinski definition) is 2. The number of nitrogens with one attached hydrogen (secondary N) is 1. The van der Waals surface area contributed by atoms with Crippen LogP contribution in [-0.4, -0.2) is 40.4 Å². The number of nitrogens with zero attached hydrogens (tertiary/aromatic N) is 2. The predicted octanol–water partition coefficient (Wildman–Crippen LogP) is 2.42. The fourth-order valence-electron chi connectivity index (χ4n) is 2.54. The molecular formula is C18H23N3O4. The van der Waals surface area contributed by atoms with Gasteiger partial charge in [-0.1, -0.05) is 13.3 Å². The average Bonchev–Trinajstić information content (AvgIpc) is 3.00. The molecule has 0 saturated carbocycles. The van der Waals surface area contributed by atoms with E-state index in [2.05, 4.69) is 10.4 Å². The van der Waals surface area contributed by atoms with Crippen molar-refractivity contribution in [3.63, 3.8) is 0 Å². The molecule has 1 amide bonds. The second-order valence-corrected chi connectivity index (χ2v) is 5.81. The average molecular weight is 345 g/mol. The number of aryl methyl sites for hydroxylation is 1. The highest BCUT2D eigenvalue weighted by atomic mass is 16.5. The van der Waals surface area contributed by atoms with E-state index in [1.54, 1.807) is 17.9 Å². The molecule has 2 aromatic rings. The number of ether oxygens (including phenoxy) is 1. The van der Waals surface area contributed by atoms with E-state index in [4.69, 9.17) is 9.84 Å². The summed E-state index contributed by atoms with van der Waals surface area (Å²) >= 11 is 0. The summed E-state index contributed by atoms with van der Waals surface area (Å²) in [5.41, 5.74) is 1.87. The minimum Gasteiger partial charge on any atom is -0.497 e. The largest absolute Gasteiger partial charge is 0.497 e. The van der Waals surface area contributed by atoms with Crippen molar-refractivity contribution in [3.05, 3.63) is 41.7 Å². The van der Waals surface area contributed by atoms with Gasteiger partial charge in [0.1, 0.15) is 5.75 Å². The van der Waals surface area contributed by atoms with Gasteiger partial charge in [-0.05, 0) is 43.7 Å². The van der Waals surface area contributed by atoms with Gasteiger partial charge >= 0.3 is 5.97 Å². The number of hydrogen-bond acceptors (Lipinski definition) is 4. The molecule has 1 unspecified atom stereocenters. The zero-order valence-electron chi connectivity index (χ0n) is 14.7. The minimum atomic E-state index is -0.901. The Morgan fingerprint density at radius 3 is 2.56 bits per heavy atom. The molecule has 1 atom stereocenters. The zero-order valence-corrected chi connectivity index (χ0v) is 14.7. The SMILES string of the molecule is CCCC(CNC(=O)c1cc(C)n(-c2ccc(OC)cc2)n1)C(=O)O. The highest BCUT2D eigenvalue weighted by molar-refractivity contribution is 5.92. The number of rotatable bonds is 8. The van der Waals surface area contributed by atoms with Crippen molar-refractivity contribution in [1.82, 2.24) is 15.1 Å². The summed E-state index contributed by atoms with van der Waals surface area (Å²) < 4.78 is 6.79. The third kappa shape index (κ3) is 4.59. The normalized spacial score (nSPS) is 11.8. The molecule has 0 spiro atoms. The Morgan fingerprint density at radius 2 is 2.00 bits per heavy atom. The van der Waals surface area contributed by atoms with E-state index in [0.717, 1.165) is 23.6 Å². The Hall–Kier alpha value is -2.83. The third-order valence-corrected chi connectivity index (χ3v) is 3.93.